The molecule has 2 rings (SSSR count). The molecule has 0 unspecified atom stereocenters. The topological polar surface area (TPSA) is 45.3 Å². The van der Waals surface area contributed by atoms with Gasteiger partial charge in [0.1, 0.15) is 11.6 Å². The molecule has 3 N–H and O–H groups in total. The van der Waals surface area contributed by atoms with Gasteiger partial charge in [-0.1, -0.05) is 24.3 Å². The van der Waals surface area contributed by atoms with Crippen molar-refractivity contribution in [2.24, 2.45) is 0 Å². The Morgan fingerprint density at radius 2 is 1.78 bits per heavy atom. The van der Waals surface area contributed by atoms with E-state index in [0.717, 1.165) is 17.0 Å². The summed E-state index contributed by atoms with van der Waals surface area (Å²) in [6, 6.07) is 14.0. The predicted molar refractivity (Wildman–Crippen MR) is 95.5 cm³/mol. The van der Waals surface area contributed by atoms with Crippen molar-refractivity contribution in [3.8, 4) is 5.75 Å². The first kappa shape index (κ1) is 16.8. The number of allylic oxidation sites excluding steroid dienone is 1. The van der Waals surface area contributed by atoms with Crippen molar-refractivity contribution in [2.75, 3.05) is 12.4 Å². The van der Waals surface area contributed by atoms with Crippen LogP contribution in [0.25, 0.3) is 6.08 Å². The number of benzene rings is 2. The van der Waals surface area contributed by atoms with E-state index in [1.165, 1.54) is 6.07 Å². The molecule has 0 bridgehead atoms. The zero-order valence-corrected chi connectivity index (χ0v) is 13.7. The Morgan fingerprint density at radius 3 is 2.43 bits per heavy atom. The summed E-state index contributed by atoms with van der Waals surface area (Å²) in [5, 5.41) is 3.06. The molecule has 0 saturated carbocycles. The Balaban J connectivity index is 1.87. The number of methoxy groups -OCH3 is 1. The summed E-state index contributed by atoms with van der Waals surface area (Å²) in [5.74, 6) is 0.447. The third kappa shape index (κ3) is 5.27. The van der Waals surface area contributed by atoms with Gasteiger partial charge in [0.15, 0.2) is 5.11 Å². The second kappa shape index (κ2) is 8.14. The average molecular weight is 331 g/mol. The van der Waals surface area contributed by atoms with Crippen LogP contribution in [0.4, 0.5) is 10.1 Å². The van der Waals surface area contributed by atoms with E-state index in [1.54, 1.807) is 25.3 Å². The van der Waals surface area contributed by atoms with Gasteiger partial charge in [-0.3, -0.25) is 5.43 Å². The number of hydrogen-bond donors (Lipinski definition) is 3. The fourth-order valence-corrected chi connectivity index (χ4v) is 2.02. The fourth-order valence-electron chi connectivity index (χ4n) is 1.86. The maximum Gasteiger partial charge on any atom is 0.189 e. The predicted octanol–water partition coefficient (Wildman–Crippen LogP) is 3.69. The summed E-state index contributed by atoms with van der Waals surface area (Å²) < 4.78 is 18.6. The lowest BCUT2D eigenvalue weighted by atomic mass is 10.2. The van der Waals surface area contributed by atoms with E-state index in [-0.39, 0.29) is 10.9 Å². The lowest BCUT2D eigenvalue weighted by Crippen LogP contribution is -2.39. The van der Waals surface area contributed by atoms with Crippen LogP contribution in [0.15, 0.2) is 54.2 Å². The van der Waals surface area contributed by atoms with Crippen LogP contribution >= 0.6 is 12.2 Å². The number of anilines is 1. The summed E-state index contributed by atoms with van der Waals surface area (Å²) in [5.41, 5.74) is 7.96. The second-order valence-corrected chi connectivity index (χ2v) is 5.19. The van der Waals surface area contributed by atoms with E-state index in [0.29, 0.717) is 5.69 Å². The highest BCUT2D eigenvalue weighted by Gasteiger charge is 2.02. The van der Waals surface area contributed by atoms with Gasteiger partial charge in [-0.25, -0.2) is 4.39 Å². The summed E-state index contributed by atoms with van der Waals surface area (Å²) in [6.07, 6.45) is 1.94. The van der Waals surface area contributed by atoms with Gasteiger partial charge in [0, 0.05) is 5.70 Å². The Morgan fingerprint density at radius 1 is 1.09 bits per heavy atom. The summed E-state index contributed by atoms with van der Waals surface area (Å²) >= 11 is 5.12. The van der Waals surface area contributed by atoms with Crippen LogP contribution in [0.2, 0.25) is 0 Å². The number of rotatable bonds is 5. The highest BCUT2D eigenvalue weighted by molar-refractivity contribution is 7.80. The zero-order chi connectivity index (χ0) is 16.7. The fraction of sp³-hybridized carbons (Fsp3) is 0.118. The van der Waals surface area contributed by atoms with Crippen molar-refractivity contribution in [1.82, 2.24) is 10.9 Å². The molecule has 0 saturated heterocycles. The summed E-state index contributed by atoms with van der Waals surface area (Å²) in [4.78, 5) is 0. The molecule has 4 nitrogen and oxygen atoms in total. The molecule has 0 aromatic heterocycles. The maximum absolute atomic E-state index is 13.5. The van der Waals surface area contributed by atoms with Crippen LogP contribution in [0, 0.1) is 5.82 Å². The van der Waals surface area contributed by atoms with Crippen LogP contribution in [0.5, 0.6) is 5.75 Å². The van der Waals surface area contributed by atoms with E-state index in [2.05, 4.69) is 16.2 Å². The Bertz CT molecular complexity index is 701. The first-order valence-corrected chi connectivity index (χ1v) is 7.39. The van der Waals surface area contributed by atoms with Crippen molar-refractivity contribution in [3.63, 3.8) is 0 Å². The van der Waals surface area contributed by atoms with Crippen molar-refractivity contribution in [3.05, 3.63) is 65.6 Å². The molecule has 0 aliphatic carbocycles. The third-order valence-electron chi connectivity index (χ3n) is 2.99. The van der Waals surface area contributed by atoms with Crippen LogP contribution in [0.1, 0.15) is 12.5 Å². The molecule has 0 amide bonds. The molecular weight excluding hydrogens is 313 g/mol. The number of hydrazine groups is 1. The lowest BCUT2D eigenvalue weighted by Gasteiger charge is -2.13. The van der Waals surface area contributed by atoms with Gasteiger partial charge in [0.2, 0.25) is 0 Å². The van der Waals surface area contributed by atoms with E-state index < -0.39 is 0 Å². The minimum Gasteiger partial charge on any atom is -0.497 e. The van der Waals surface area contributed by atoms with Gasteiger partial charge in [-0.05, 0) is 55.0 Å². The molecule has 0 fully saturated rings. The molecule has 0 atom stereocenters. The molecule has 0 heterocycles. The molecule has 0 radical (unpaired) electrons. The first-order valence-electron chi connectivity index (χ1n) is 6.98. The standard InChI is InChI=1S/C17H18FN3OS/c1-12(11-13-7-9-14(22-2)10-8-13)20-21-17(23)19-16-6-4-3-5-15(16)18/h3-11,20H,1-2H3,(H2,19,21,23)/b12-11-. The second-order valence-electron chi connectivity index (χ2n) is 4.78. The summed E-state index contributed by atoms with van der Waals surface area (Å²) in [7, 11) is 1.63. The molecule has 120 valence electrons. The van der Waals surface area contributed by atoms with Gasteiger partial charge in [0.05, 0.1) is 12.8 Å². The number of ether oxygens (including phenoxy) is 1. The van der Waals surface area contributed by atoms with E-state index in [4.69, 9.17) is 17.0 Å². The number of nitrogens with one attached hydrogen (secondary N) is 3. The van der Waals surface area contributed by atoms with Gasteiger partial charge < -0.3 is 15.5 Å². The smallest absolute Gasteiger partial charge is 0.189 e. The van der Waals surface area contributed by atoms with E-state index in [1.807, 2.05) is 37.3 Å². The highest BCUT2D eigenvalue weighted by Crippen LogP contribution is 2.13. The number of halogens is 1. The minimum absolute atomic E-state index is 0.276. The Hall–Kier alpha value is -2.60. The van der Waals surface area contributed by atoms with Gasteiger partial charge in [-0.2, -0.15) is 0 Å². The minimum atomic E-state index is -0.359. The molecule has 0 spiro atoms. The number of hydrogen-bond acceptors (Lipinski definition) is 3. The highest BCUT2D eigenvalue weighted by atomic mass is 32.1. The van der Waals surface area contributed by atoms with Crippen LogP contribution in [-0.2, 0) is 0 Å². The molecule has 2 aromatic rings. The molecule has 2 aromatic carbocycles. The van der Waals surface area contributed by atoms with Crippen molar-refractivity contribution < 1.29 is 9.13 Å². The normalized spacial score (nSPS) is 10.8. The van der Waals surface area contributed by atoms with E-state index >= 15 is 0 Å². The van der Waals surface area contributed by atoms with Crippen molar-refractivity contribution >= 4 is 29.1 Å². The SMILES string of the molecule is COc1ccc(/C=C(/C)NNC(=S)Nc2ccccc2F)cc1. The third-order valence-corrected chi connectivity index (χ3v) is 3.20. The number of thiocarbonyl (C=S) groups is 1. The largest absolute Gasteiger partial charge is 0.497 e. The maximum atomic E-state index is 13.5. The number of para-hydroxylation sites is 1. The average Bonchev–Trinajstić information content (AvgIpc) is 2.56. The van der Waals surface area contributed by atoms with Crippen molar-refractivity contribution in [1.29, 1.82) is 0 Å². The quantitative estimate of drug-likeness (QED) is 0.576. The van der Waals surface area contributed by atoms with Crippen LogP contribution < -0.4 is 20.9 Å². The van der Waals surface area contributed by atoms with Gasteiger partial charge in [-0.15, -0.1) is 0 Å². The molecule has 23 heavy (non-hydrogen) atoms. The molecular formula is C17H18FN3OS. The van der Waals surface area contributed by atoms with E-state index in [9.17, 15) is 4.39 Å². The van der Waals surface area contributed by atoms with Gasteiger partial charge >= 0.3 is 0 Å². The molecule has 0 aliphatic heterocycles. The van der Waals surface area contributed by atoms with Crippen LogP contribution in [-0.4, -0.2) is 12.2 Å². The Kier molecular flexibility index (Phi) is 5.94. The van der Waals surface area contributed by atoms with Gasteiger partial charge in [0.25, 0.3) is 0 Å². The lowest BCUT2D eigenvalue weighted by molar-refractivity contribution is 0.415. The van der Waals surface area contributed by atoms with Crippen LogP contribution in [0.3, 0.4) is 0 Å². The van der Waals surface area contributed by atoms with Crippen molar-refractivity contribution in [2.45, 2.75) is 6.92 Å². The monoisotopic (exact) mass is 331 g/mol. The first-order chi connectivity index (χ1) is 11.1. The molecule has 6 heteroatoms. The Labute approximate surface area is 140 Å². The molecule has 0 aliphatic rings. The summed E-state index contributed by atoms with van der Waals surface area (Å²) in [6.45, 7) is 1.89. The zero-order valence-electron chi connectivity index (χ0n) is 12.9.